The monoisotopic (exact) mass is 363 g/mol. The quantitative estimate of drug-likeness (QED) is 0.703. The standard InChI is InChI=1S/C20H21N5O2/c26-18(24-13-11-23(12-14-24)16-5-2-1-3-6-16)8-10-25-15-22-19-17(20(25)27)7-4-9-21-19/h1-7,9,15H,8,10-14H2. The van der Waals surface area contributed by atoms with Crippen LogP contribution in [0, 0.1) is 0 Å². The van der Waals surface area contributed by atoms with Gasteiger partial charge >= 0.3 is 0 Å². The van der Waals surface area contributed by atoms with Crippen molar-refractivity contribution in [2.45, 2.75) is 13.0 Å². The lowest BCUT2D eigenvalue weighted by Gasteiger charge is -2.36. The van der Waals surface area contributed by atoms with Crippen LogP contribution in [0.15, 0.2) is 59.8 Å². The molecule has 0 N–H and O–H groups in total. The van der Waals surface area contributed by atoms with Crippen LogP contribution in [0.25, 0.3) is 11.0 Å². The maximum atomic E-state index is 12.5. The number of para-hydroxylation sites is 1. The summed E-state index contributed by atoms with van der Waals surface area (Å²) in [5, 5.41) is 0.476. The number of rotatable bonds is 4. The van der Waals surface area contributed by atoms with E-state index in [0.29, 0.717) is 37.1 Å². The molecule has 7 nitrogen and oxygen atoms in total. The second-order valence-corrected chi connectivity index (χ2v) is 6.57. The Kier molecular flexibility index (Phi) is 4.82. The first-order chi connectivity index (χ1) is 13.2. The van der Waals surface area contributed by atoms with Crippen LogP contribution in [0.1, 0.15) is 6.42 Å². The second kappa shape index (κ2) is 7.57. The summed E-state index contributed by atoms with van der Waals surface area (Å²) in [7, 11) is 0. The van der Waals surface area contributed by atoms with Crippen LogP contribution in [0.3, 0.4) is 0 Å². The van der Waals surface area contributed by atoms with Gasteiger partial charge in [0.15, 0.2) is 5.65 Å². The van der Waals surface area contributed by atoms with Gasteiger partial charge in [0.25, 0.3) is 5.56 Å². The lowest BCUT2D eigenvalue weighted by molar-refractivity contribution is -0.131. The number of carbonyl (C=O) groups is 1. The normalized spacial score (nSPS) is 14.5. The minimum absolute atomic E-state index is 0.0703. The third-order valence-corrected chi connectivity index (χ3v) is 4.92. The minimum Gasteiger partial charge on any atom is -0.368 e. The molecule has 4 rings (SSSR count). The Bertz CT molecular complexity index is 994. The molecule has 138 valence electrons. The molecule has 1 aliphatic heterocycles. The molecule has 0 bridgehead atoms. The molecule has 0 aliphatic carbocycles. The number of hydrogen-bond donors (Lipinski definition) is 0. The summed E-state index contributed by atoms with van der Waals surface area (Å²) in [5.41, 5.74) is 1.46. The van der Waals surface area contributed by atoms with Gasteiger partial charge in [-0.15, -0.1) is 0 Å². The number of anilines is 1. The molecule has 0 unspecified atom stereocenters. The Labute approximate surface area is 156 Å². The number of piperazine rings is 1. The molecule has 27 heavy (non-hydrogen) atoms. The fourth-order valence-electron chi connectivity index (χ4n) is 3.38. The van der Waals surface area contributed by atoms with E-state index in [4.69, 9.17) is 0 Å². The topological polar surface area (TPSA) is 71.3 Å². The molecule has 0 spiro atoms. The van der Waals surface area contributed by atoms with Crippen molar-refractivity contribution in [1.82, 2.24) is 19.4 Å². The summed E-state index contributed by atoms with van der Waals surface area (Å²) < 4.78 is 1.49. The van der Waals surface area contributed by atoms with Gasteiger partial charge in [-0.05, 0) is 24.3 Å². The molecule has 3 aromatic rings. The highest BCUT2D eigenvalue weighted by atomic mass is 16.2. The van der Waals surface area contributed by atoms with E-state index in [2.05, 4.69) is 27.0 Å². The summed E-state index contributed by atoms with van der Waals surface area (Å²) in [6.45, 7) is 3.36. The molecule has 7 heteroatoms. The molecule has 0 radical (unpaired) electrons. The van der Waals surface area contributed by atoms with Crippen LogP contribution in [0.2, 0.25) is 0 Å². The Hall–Kier alpha value is -3.22. The van der Waals surface area contributed by atoms with Gasteiger partial charge in [0.05, 0.1) is 11.7 Å². The van der Waals surface area contributed by atoms with Gasteiger partial charge < -0.3 is 9.80 Å². The average molecular weight is 363 g/mol. The number of benzene rings is 1. The number of carbonyl (C=O) groups excluding carboxylic acids is 1. The van der Waals surface area contributed by atoms with Gasteiger partial charge in [-0.3, -0.25) is 14.2 Å². The molecular formula is C20H21N5O2. The van der Waals surface area contributed by atoms with E-state index in [1.54, 1.807) is 18.3 Å². The first kappa shape index (κ1) is 17.2. The fourth-order valence-corrected chi connectivity index (χ4v) is 3.38. The van der Waals surface area contributed by atoms with E-state index in [1.165, 1.54) is 16.6 Å². The van der Waals surface area contributed by atoms with Crippen LogP contribution in [0.5, 0.6) is 0 Å². The van der Waals surface area contributed by atoms with Crippen molar-refractivity contribution in [2.24, 2.45) is 0 Å². The predicted octanol–water partition coefficient (Wildman–Crippen LogP) is 1.53. The van der Waals surface area contributed by atoms with Gasteiger partial charge in [0.1, 0.15) is 0 Å². The van der Waals surface area contributed by atoms with Gasteiger partial charge in [-0.25, -0.2) is 9.97 Å². The molecular weight excluding hydrogens is 342 g/mol. The van der Waals surface area contributed by atoms with Crippen molar-refractivity contribution in [3.63, 3.8) is 0 Å². The van der Waals surface area contributed by atoms with Crippen molar-refractivity contribution < 1.29 is 4.79 Å². The summed E-state index contributed by atoms with van der Waals surface area (Å²) in [6, 6.07) is 13.7. The van der Waals surface area contributed by atoms with E-state index < -0.39 is 0 Å². The van der Waals surface area contributed by atoms with E-state index in [9.17, 15) is 9.59 Å². The fraction of sp³-hybridized carbons (Fsp3) is 0.300. The van der Waals surface area contributed by atoms with Gasteiger partial charge in [0.2, 0.25) is 5.91 Å². The molecule has 1 aromatic carbocycles. The molecule has 1 fully saturated rings. The summed E-state index contributed by atoms with van der Waals surface area (Å²) in [5.74, 6) is 0.0703. The SMILES string of the molecule is O=C(CCn1cnc2ncccc2c1=O)N1CCN(c2ccccc2)CC1. The molecule has 0 saturated carbocycles. The van der Waals surface area contributed by atoms with Crippen molar-refractivity contribution in [2.75, 3.05) is 31.1 Å². The maximum Gasteiger partial charge on any atom is 0.262 e. The van der Waals surface area contributed by atoms with Gasteiger partial charge in [-0.2, -0.15) is 0 Å². The number of pyridine rings is 1. The van der Waals surface area contributed by atoms with Crippen LogP contribution >= 0.6 is 0 Å². The van der Waals surface area contributed by atoms with Gasteiger partial charge in [0, 0.05) is 51.0 Å². The average Bonchev–Trinajstić information content (AvgIpc) is 2.74. The Morgan fingerprint density at radius 1 is 0.963 bits per heavy atom. The highest BCUT2D eigenvalue weighted by Crippen LogP contribution is 2.16. The lowest BCUT2D eigenvalue weighted by Crippen LogP contribution is -2.49. The number of amides is 1. The zero-order chi connectivity index (χ0) is 18.6. The number of aromatic nitrogens is 3. The van der Waals surface area contributed by atoms with Crippen molar-refractivity contribution in [3.05, 3.63) is 65.3 Å². The highest BCUT2D eigenvalue weighted by molar-refractivity contribution is 5.76. The molecule has 0 atom stereocenters. The third-order valence-electron chi connectivity index (χ3n) is 4.92. The van der Waals surface area contributed by atoms with E-state index in [1.807, 2.05) is 23.1 Å². The largest absolute Gasteiger partial charge is 0.368 e. The Morgan fingerprint density at radius 2 is 1.74 bits per heavy atom. The van der Waals surface area contributed by atoms with E-state index in [0.717, 1.165) is 13.1 Å². The zero-order valence-electron chi connectivity index (χ0n) is 15.0. The summed E-state index contributed by atoms with van der Waals surface area (Å²) in [6.07, 6.45) is 3.37. The third kappa shape index (κ3) is 3.67. The summed E-state index contributed by atoms with van der Waals surface area (Å²) in [4.78, 5) is 37.5. The molecule has 2 aromatic heterocycles. The molecule has 1 aliphatic rings. The maximum absolute atomic E-state index is 12.5. The Morgan fingerprint density at radius 3 is 2.52 bits per heavy atom. The predicted molar refractivity (Wildman–Crippen MR) is 104 cm³/mol. The van der Waals surface area contributed by atoms with E-state index >= 15 is 0 Å². The van der Waals surface area contributed by atoms with Crippen LogP contribution < -0.4 is 10.5 Å². The number of fused-ring (bicyclic) bond motifs is 1. The van der Waals surface area contributed by atoms with Gasteiger partial charge in [-0.1, -0.05) is 18.2 Å². The zero-order valence-corrected chi connectivity index (χ0v) is 15.0. The number of aryl methyl sites for hydroxylation is 1. The number of nitrogens with zero attached hydrogens (tertiary/aromatic N) is 5. The Balaban J connectivity index is 1.35. The van der Waals surface area contributed by atoms with Crippen LogP contribution in [-0.2, 0) is 11.3 Å². The highest BCUT2D eigenvalue weighted by Gasteiger charge is 2.21. The minimum atomic E-state index is -0.158. The molecule has 3 heterocycles. The smallest absolute Gasteiger partial charge is 0.262 e. The summed E-state index contributed by atoms with van der Waals surface area (Å²) >= 11 is 0. The van der Waals surface area contributed by atoms with Crippen LogP contribution in [0.4, 0.5) is 5.69 Å². The van der Waals surface area contributed by atoms with Crippen molar-refractivity contribution in [1.29, 1.82) is 0 Å². The van der Waals surface area contributed by atoms with Crippen molar-refractivity contribution >= 4 is 22.6 Å². The van der Waals surface area contributed by atoms with Crippen molar-refractivity contribution in [3.8, 4) is 0 Å². The number of hydrogen-bond acceptors (Lipinski definition) is 5. The first-order valence-corrected chi connectivity index (χ1v) is 9.10. The molecule has 1 amide bonds. The van der Waals surface area contributed by atoms with E-state index in [-0.39, 0.29) is 11.5 Å². The lowest BCUT2D eigenvalue weighted by atomic mass is 10.2. The molecule has 1 saturated heterocycles. The first-order valence-electron chi connectivity index (χ1n) is 9.10. The second-order valence-electron chi connectivity index (χ2n) is 6.57. The van der Waals surface area contributed by atoms with Crippen LogP contribution in [-0.4, -0.2) is 51.5 Å².